The number of hydrogen-bond donors (Lipinski definition) is 22. The maximum absolute atomic E-state index is 14.4. The fourth-order valence-electron chi connectivity index (χ4n) is 9.48. The van der Waals surface area contributed by atoms with Crippen LogP contribution in [-0.2, 0) is 81.6 Å². The third-order valence-corrected chi connectivity index (χ3v) is 14.4. The van der Waals surface area contributed by atoms with Gasteiger partial charge in [-0.2, -0.15) is 0 Å². The van der Waals surface area contributed by atoms with E-state index in [1.807, 2.05) is 0 Å². The van der Waals surface area contributed by atoms with Crippen LogP contribution in [0.2, 0.25) is 0 Å². The number of carbonyl (C=O) groups excluding carboxylic acids is 10. The standard InChI is InChI=1S/C57H85N23O16/c58-16-4-3-10-35(49(89)75-36(12-14-43(60)81)51(91)77-38(55(95)96)11-6-18-68-57(63)64)74-50(90)37(13-15-45(83)84)76-52(92)40(20-30-24-65-27-71-30)73-44(82)26-70-48(88)39(19-29-23-69-34-9-2-1-7-32(29)34)79-54(94)42(22-46(85)86)80-53(93)41(21-31-25-66-28-72-31)78-47(87)33(59)8-5-17-67-56(61)62/h1-2,7,9,23-25,27-28,33,35-42,69H,3-6,8,10-22,26,58-59H2,(H2,60,81)(H,65,71)(H,66,72)(H,70,88)(H,73,82)(H,74,90)(H,75,89)(H,76,92)(H,77,91)(H,78,87)(H,79,94)(H,80,93)(H,83,84)(H,85,86)(H,95,96)(H4,61,62,67)(H4,63,64,68)/t33-,35-,36-,37-,38-,39-,40-,41-,42-/m0/s1. The summed E-state index contributed by atoms with van der Waals surface area (Å²) in [6.07, 6.45) is 3.21. The molecule has 0 aliphatic carbocycles. The minimum Gasteiger partial charge on any atom is -0.481 e. The lowest BCUT2D eigenvalue weighted by Crippen LogP contribution is -2.60. The topological polar surface area (TPSA) is 671 Å². The Morgan fingerprint density at radius 1 is 0.490 bits per heavy atom. The number of imidazole rings is 2. The Morgan fingerprint density at radius 3 is 1.48 bits per heavy atom. The van der Waals surface area contributed by atoms with Gasteiger partial charge >= 0.3 is 17.9 Å². The highest BCUT2D eigenvalue weighted by Crippen LogP contribution is 2.20. The summed E-state index contributed by atoms with van der Waals surface area (Å²) in [5.74, 6) is -15.1. The van der Waals surface area contributed by atoms with E-state index in [1.54, 1.807) is 30.5 Å². The number of rotatable bonds is 45. The monoisotopic (exact) mass is 1350 g/mol. The first kappa shape index (κ1) is 77.2. The van der Waals surface area contributed by atoms with Gasteiger partial charge < -0.3 is 118 Å². The van der Waals surface area contributed by atoms with Gasteiger partial charge in [0.05, 0.1) is 31.7 Å². The number of unbranched alkanes of at least 4 members (excludes halogenated alkanes) is 1. The Morgan fingerprint density at radius 2 is 0.958 bits per heavy atom. The van der Waals surface area contributed by atoms with Gasteiger partial charge in [-0.05, 0) is 76.0 Å². The number of nitrogens with two attached hydrogens (primary N) is 7. The average Bonchev–Trinajstić information content (AvgIpc) is 1.60. The molecule has 0 fully saturated rings. The number of carboxylic acid groups (broad SMARTS) is 3. The molecule has 4 rings (SSSR count). The number of nitrogens with zero attached hydrogens (tertiary/aromatic N) is 4. The predicted molar refractivity (Wildman–Crippen MR) is 341 cm³/mol. The number of carbonyl (C=O) groups is 13. The van der Waals surface area contributed by atoms with Gasteiger partial charge in [0.15, 0.2) is 11.9 Å². The molecular formula is C57H85N23O16. The average molecular weight is 1350 g/mol. The van der Waals surface area contributed by atoms with Crippen molar-refractivity contribution < 1.29 is 77.6 Å². The van der Waals surface area contributed by atoms with Crippen LogP contribution in [0.5, 0.6) is 0 Å². The molecule has 0 aliphatic heterocycles. The number of aliphatic imine (C=N–C) groups is 2. The maximum atomic E-state index is 14.4. The maximum Gasteiger partial charge on any atom is 0.326 e. The molecule has 0 saturated heterocycles. The molecule has 9 atom stereocenters. The number of aromatic amines is 3. The van der Waals surface area contributed by atoms with E-state index in [1.165, 1.54) is 25.0 Å². The zero-order valence-electron chi connectivity index (χ0n) is 52.3. The fraction of sp³-hybridized carbons (Fsp3) is 0.491. The molecule has 39 heteroatoms. The van der Waals surface area contributed by atoms with Crippen LogP contribution in [0.4, 0.5) is 0 Å². The summed E-state index contributed by atoms with van der Waals surface area (Å²) in [5, 5.41) is 52.0. The minimum absolute atomic E-state index is 0.0148. The van der Waals surface area contributed by atoms with Gasteiger partial charge in [0.1, 0.15) is 48.3 Å². The number of fused-ring (bicyclic) bond motifs is 1. The van der Waals surface area contributed by atoms with E-state index in [0.29, 0.717) is 28.6 Å². The van der Waals surface area contributed by atoms with E-state index in [2.05, 4.69) is 82.8 Å². The molecule has 29 N–H and O–H groups in total. The van der Waals surface area contributed by atoms with Crippen LogP contribution >= 0.6 is 0 Å². The highest BCUT2D eigenvalue weighted by molar-refractivity contribution is 5.99. The first-order chi connectivity index (χ1) is 45.6. The van der Waals surface area contributed by atoms with Gasteiger partial charge in [-0.15, -0.1) is 0 Å². The summed E-state index contributed by atoms with van der Waals surface area (Å²) >= 11 is 0. The van der Waals surface area contributed by atoms with Gasteiger partial charge in [-0.1, -0.05) is 18.2 Å². The second kappa shape index (κ2) is 40.0. The van der Waals surface area contributed by atoms with Gasteiger partial charge in [0, 0.05) is 86.1 Å². The number of carboxylic acids is 3. The number of aromatic nitrogens is 5. The Bertz CT molecular complexity index is 3350. The van der Waals surface area contributed by atoms with Gasteiger partial charge in [0.2, 0.25) is 59.1 Å². The molecule has 0 bridgehead atoms. The Hall–Kier alpha value is -11.2. The van der Waals surface area contributed by atoms with Crippen LogP contribution in [0.1, 0.15) is 94.0 Å². The van der Waals surface area contributed by atoms with Crippen molar-refractivity contribution in [2.45, 2.75) is 151 Å². The number of H-pyrrole nitrogens is 3. The zero-order chi connectivity index (χ0) is 70.9. The highest BCUT2D eigenvalue weighted by atomic mass is 16.4. The lowest BCUT2D eigenvalue weighted by molar-refractivity contribution is -0.143. The molecule has 0 unspecified atom stereocenters. The third kappa shape index (κ3) is 27.9. The number of para-hydroxylation sites is 1. The number of aliphatic carboxylic acids is 3. The van der Waals surface area contributed by atoms with E-state index in [9.17, 15) is 77.6 Å². The van der Waals surface area contributed by atoms with E-state index in [0.717, 1.165) is 0 Å². The summed E-state index contributed by atoms with van der Waals surface area (Å²) < 4.78 is 0. The number of benzene rings is 1. The fourth-order valence-corrected chi connectivity index (χ4v) is 9.48. The quantitative estimate of drug-likeness (QED) is 0.0111. The molecule has 3 aromatic heterocycles. The van der Waals surface area contributed by atoms with E-state index < -0.39 is 170 Å². The number of primary amides is 1. The molecule has 3 heterocycles. The molecule has 0 aliphatic rings. The third-order valence-electron chi connectivity index (χ3n) is 14.4. The Kier molecular flexibility index (Phi) is 32.2. The molecule has 4 aromatic rings. The van der Waals surface area contributed by atoms with Gasteiger partial charge in [0.25, 0.3) is 0 Å². The number of amides is 10. The second-order valence-electron chi connectivity index (χ2n) is 22.1. The van der Waals surface area contributed by atoms with Crippen LogP contribution < -0.4 is 88.0 Å². The lowest BCUT2D eigenvalue weighted by Gasteiger charge is -2.27. The van der Waals surface area contributed by atoms with Crippen molar-refractivity contribution in [1.29, 1.82) is 0 Å². The predicted octanol–water partition coefficient (Wildman–Crippen LogP) is -7.11. The van der Waals surface area contributed by atoms with Crippen LogP contribution in [0.15, 0.2) is 65.5 Å². The molecule has 39 nitrogen and oxygen atoms in total. The van der Waals surface area contributed by atoms with E-state index in [-0.39, 0.29) is 95.0 Å². The Labute approximate surface area is 548 Å². The first-order valence-electron chi connectivity index (χ1n) is 30.3. The molecule has 1 aromatic carbocycles. The van der Waals surface area contributed by atoms with Crippen LogP contribution in [0.3, 0.4) is 0 Å². The van der Waals surface area contributed by atoms with Crippen molar-refractivity contribution >= 4 is 99.8 Å². The van der Waals surface area contributed by atoms with Crippen molar-refractivity contribution in [2.24, 2.45) is 50.1 Å². The molecule has 0 saturated carbocycles. The summed E-state index contributed by atoms with van der Waals surface area (Å²) in [6, 6.07) is -7.36. The van der Waals surface area contributed by atoms with E-state index in [4.69, 9.17) is 40.1 Å². The van der Waals surface area contributed by atoms with Crippen molar-refractivity contribution in [1.82, 2.24) is 72.8 Å². The summed E-state index contributed by atoms with van der Waals surface area (Å²) in [6.45, 7) is -0.615. The van der Waals surface area contributed by atoms with E-state index >= 15 is 0 Å². The number of guanidine groups is 2. The SMILES string of the molecule is NCCCC[C@H](NC(=O)[C@H](CCC(=O)O)NC(=O)[C@H](Cc1cnc[nH]1)NC(=O)CNC(=O)[C@H](Cc1c[nH]c2ccccc12)NC(=O)[C@H](CC(=O)O)NC(=O)[C@H](Cc1cnc[nH]1)NC(=O)[C@@H](N)CCCN=C(N)N)C(=O)N[C@@H](CCC(N)=O)C(=O)N[C@@H](CCCN=C(N)N)C(=O)O. The van der Waals surface area contributed by atoms with Crippen molar-refractivity contribution in [3.63, 3.8) is 0 Å². The summed E-state index contributed by atoms with van der Waals surface area (Å²) in [4.78, 5) is 199. The Balaban J connectivity index is 1.58. The second-order valence-corrected chi connectivity index (χ2v) is 22.1. The zero-order valence-corrected chi connectivity index (χ0v) is 52.3. The van der Waals surface area contributed by atoms with Crippen LogP contribution in [0, 0.1) is 0 Å². The molecule has 0 spiro atoms. The minimum atomic E-state index is -1.90. The molecule has 0 radical (unpaired) electrons. The van der Waals surface area contributed by atoms with Gasteiger partial charge in [-0.3, -0.25) is 67.5 Å². The highest BCUT2D eigenvalue weighted by Gasteiger charge is 2.36. The lowest BCUT2D eigenvalue weighted by atomic mass is 10.0. The molecule has 96 heavy (non-hydrogen) atoms. The van der Waals surface area contributed by atoms with Crippen molar-refractivity contribution in [3.05, 3.63) is 72.5 Å². The smallest absolute Gasteiger partial charge is 0.326 e. The number of hydrogen-bond acceptors (Lipinski definition) is 19. The van der Waals surface area contributed by atoms with Crippen molar-refractivity contribution in [3.8, 4) is 0 Å². The van der Waals surface area contributed by atoms with Crippen LogP contribution in [-0.4, -0.2) is 210 Å². The summed E-state index contributed by atoms with van der Waals surface area (Å²) in [5.41, 5.74) is 40.3. The number of nitrogens with one attached hydrogen (secondary N) is 12. The molecule has 10 amide bonds. The van der Waals surface area contributed by atoms with Gasteiger partial charge in [-0.25, -0.2) is 14.8 Å². The molecular weight excluding hydrogens is 1260 g/mol. The van der Waals surface area contributed by atoms with Crippen molar-refractivity contribution in [2.75, 3.05) is 26.2 Å². The normalized spacial score (nSPS) is 13.8. The molecule has 524 valence electrons. The summed E-state index contributed by atoms with van der Waals surface area (Å²) in [7, 11) is 0. The largest absolute Gasteiger partial charge is 0.481 e. The van der Waals surface area contributed by atoms with Crippen LogP contribution in [0.25, 0.3) is 10.9 Å². The first-order valence-corrected chi connectivity index (χ1v) is 30.3.